The first-order valence-electron chi connectivity index (χ1n) is 19.0. The van der Waals surface area contributed by atoms with Crippen molar-refractivity contribution in [2.24, 2.45) is 5.11 Å². The van der Waals surface area contributed by atoms with Crippen molar-refractivity contribution >= 4 is 23.7 Å². The number of unbranched alkanes of at least 4 members (excludes halogenated alkanes) is 1. The van der Waals surface area contributed by atoms with E-state index in [0.717, 1.165) is 25.0 Å². The van der Waals surface area contributed by atoms with E-state index in [1.54, 1.807) is 0 Å². The lowest BCUT2D eigenvalue weighted by molar-refractivity contribution is -0.121. The van der Waals surface area contributed by atoms with Crippen LogP contribution in [0.5, 0.6) is 0 Å². The Kier molecular flexibility index (Phi) is 32.6. The molecule has 2 saturated heterocycles. The summed E-state index contributed by atoms with van der Waals surface area (Å²) in [5.41, 5.74) is 8.15. The highest BCUT2D eigenvalue weighted by molar-refractivity contribution is 8.00. The molecule has 0 bridgehead atoms. The molecule has 20 heteroatoms. The Morgan fingerprint density at radius 2 is 1.04 bits per heavy atom. The van der Waals surface area contributed by atoms with Crippen LogP contribution in [0.3, 0.4) is 0 Å². The van der Waals surface area contributed by atoms with Gasteiger partial charge in [0.25, 0.3) is 0 Å². The number of rotatable bonds is 41. The molecule has 2 aliphatic heterocycles. The highest BCUT2D eigenvalue weighted by Gasteiger charge is 2.42. The van der Waals surface area contributed by atoms with Crippen molar-refractivity contribution in [1.82, 2.24) is 16.0 Å². The van der Waals surface area contributed by atoms with Gasteiger partial charge < -0.3 is 68.1 Å². The predicted molar refractivity (Wildman–Crippen MR) is 200 cm³/mol. The van der Waals surface area contributed by atoms with Crippen LogP contribution in [0.25, 0.3) is 10.4 Å². The number of ether oxygens (including phenoxy) is 11. The van der Waals surface area contributed by atoms with E-state index in [1.165, 1.54) is 0 Å². The lowest BCUT2D eigenvalue weighted by atomic mass is 10.0. The first-order chi connectivity index (χ1) is 26.7. The topological polar surface area (TPSA) is 221 Å². The first kappa shape index (κ1) is 48.1. The SMILES string of the molecule is [N-]=[N+]=NCCOCCOCCOCCOCCOCCOCCOCCOCCOCCOCCOCCNC(=O)CCCC[C@@H]1SC[C@H]2NC(=O)N[C@@H]12. The molecule has 2 fully saturated rings. The summed E-state index contributed by atoms with van der Waals surface area (Å²) in [5.74, 6) is 0.998. The van der Waals surface area contributed by atoms with Gasteiger partial charge in [-0.05, 0) is 18.4 Å². The minimum absolute atomic E-state index is 0.0404. The van der Waals surface area contributed by atoms with E-state index in [2.05, 4.69) is 26.0 Å². The Morgan fingerprint density at radius 1 is 0.630 bits per heavy atom. The lowest BCUT2D eigenvalue weighted by Gasteiger charge is -2.16. The minimum Gasteiger partial charge on any atom is -0.379 e. The third kappa shape index (κ3) is 28.4. The number of nitrogens with one attached hydrogen (secondary N) is 3. The Morgan fingerprint density at radius 3 is 1.46 bits per heavy atom. The van der Waals surface area contributed by atoms with Gasteiger partial charge in [0.05, 0.1) is 157 Å². The lowest BCUT2D eigenvalue weighted by Crippen LogP contribution is -2.36. The molecule has 3 N–H and O–H groups in total. The molecule has 0 aromatic heterocycles. The zero-order valence-electron chi connectivity index (χ0n) is 31.8. The fourth-order valence-corrected chi connectivity index (χ4v) is 6.62. The van der Waals surface area contributed by atoms with E-state index >= 15 is 0 Å². The zero-order chi connectivity index (χ0) is 38.4. The second-order valence-electron chi connectivity index (χ2n) is 11.9. The van der Waals surface area contributed by atoms with E-state index in [0.29, 0.717) is 170 Å². The van der Waals surface area contributed by atoms with Gasteiger partial charge in [-0.1, -0.05) is 11.5 Å². The largest absolute Gasteiger partial charge is 0.379 e. The Balaban J connectivity index is 1.14. The number of nitrogens with zero attached hydrogens (tertiary/aromatic N) is 3. The zero-order valence-corrected chi connectivity index (χ0v) is 32.6. The summed E-state index contributed by atoms with van der Waals surface area (Å²) >= 11 is 1.90. The van der Waals surface area contributed by atoms with Crippen molar-refractivity contribution in [3.05, 3.63) is 10.4 Å². The fraction of sp³-hybridized carbons (Fsp3) is 0.941. The molecule has 0 spiro atoms. The summed E-state index contributed by atoms with van der Waals surface area (Å²) in [5, 5.41) is 12.7. The molecule has 2 rings (SSSR count). The number of azide groups is 1. The molecule has 314 valence electrons. The maximum absolute atomic E-state index is 12.0. The van der Waals surface area contributed by atoms with Gasteiger partial charge >= 0.3 is 6.03 Å². The van der Waals surface area contributed by atoms with Gasteiger partial charge in [-0.2, -0.15) is 11.8 Å². The molecule has 3 amide bonds. The minimum atomic E-state index is -0.0626. The van der Waals surface area contributed by atoms with Crippen molar-refractivity contribution in [2.45, 2.75) is 43.0 Å². The highest BCUT2D eigenvalue weighted by atomic mass is 32.2. The van der Waals surface area contributed by atoms with Gasteiger partial charge in [0.1, 0.15) is 0 Å². The third-order valence-electron chi connectivity index (χ3n) is 7.77. The van der Waals surface area contributed by atoms with Gasteiger partial charge in [-0.3, -0.25) is 4.79 Å². The summed E-state index contributed by atoms with van der Waals surface area (Å²) < 4.78 is 59.9. The van der Waals surface area contributed by atoms with Crippen molar-refractivity contribution in [1.29, 1.82) is 0 Å². The Bertz CT molecular complexity index is 960. The summed E-state index contributed by atoms with van der Waals surface area (Å²) in [6, 6.07) is 0.400. The molecule has 0 aliphatic carbocycles. The number of hydrogen-bond donors (Lipinski definition) is 3. The summed E-state index contributed by atoms with van der Waals surface area (Å²) in [6.07, 6.45) is 3.33. The average molecular weight is 797 g/mol. The maximum atomic E-state index is 12.0. The van der Waals surface area contributed by atoms with Gasteiger partial charge in [0, 0.05) is 35.4 Å². The molecule has 0 aromatic carbocycles. The van der Waals surface area contributed by atoms with Gasteiger partial charge in [-0.25, -0.2) is 4.79 Å². The molecule has 0 unspecified atom stereocenters. The number of hydrogen-bond acceptors (Lipinski definition) is 15. The van der Waals surface area contributed by atoms with Crippen LogP contribution in [0.1, 0.15) is 25.7 Å². The van der Waals surface area contributed by atoms with E-state index in [1.807, 2.05) is 11.8 Å². The molecule has 2 heterocycles. The third-order valence-corrected chi connectivity index (χ3v) is 9.28. The van der Waals surface area contributed by atoms with E-state index < -0.39 is 0 Å². The summed E-state index contributed by atoms with van der Waals surface area (Å²) in [6.45, 7) is 11.2. The van der Waals surface area contributed by atoms with Crippen molar-refractivity contribution in [2.75, 3.05) is 164 Å². The molecule has 0 saturated carbocycles. The second-order valence-corrected chi connectivity index (χ2v) is 13.2. The van der Waals surface area contributed by atoms with Crippen LogP contribution < -0.4 is 16.0 Å². The van der Waals surface area contributed by atoms with Crippen LogP contribution in [0.2, 0.25) is 0 Å². The van der Waals surface area contributed by atoms with Crippen LogP contribution in [-0.4, -0.2) is 193 Å². The monoisotopic (exact) mass is 796 g/mol. The van der Waals surface area contributed by atoms with Gasteiger partial charge in [0.2, 0.25) is 5.91 Å². The number of carbonyl (C=O) groups excluding carboxylic acids is 2. The highest BCUT2D eigenvalue weighted by Crippen LogP contribution is 2.33. The van der Waals surface area contributed by atoms with E-state index in [9.17, 15) is 9.59 Å². The molecular formula is C34H64N6O13S. The Labute approximate surface area is 323 Å². The molecule has 54 heavy (non-hydrogen) atoms. The molecule has 3 atom stereocenters. The van der Waals surface area contributed by atoms with E-state index in [4.69, 9.17) is 57.6 Å². The van der Waals surface area contributed by atoms with Gasteiger partial charge in [-0.15, -0.1) is 0 Å². The van der Waals surface area contributed by atoms with Crippen LogP contribution in [0, 0.1) is 0 Å². The maximum Gasteiger partial charge on any atom is 0.315 e. The molecule has 0 aromatic rings. The average Bonchev–Trinajstić information content (AvgIpc) is 3.73. The summed E-state index contributed by atoms with van der Waals surface area (Å²) in [7, 11) is 0. The van der Waals surface area contributed by atoms with Crippen molar-refractivity contribution < 1.29 is 61.7 Å². The van der Waals surface area contributed by atoms with Crippen LogP contribution in [-0.2, 0) is 56.9 Å². The number of thioether (sulfide) groups is 1. The van der Waals surface area contributed by atoms with E-state index in [-0.39, 0.29) is 24.0 Å². The molecule has 2 aliphatic rings. The number of fused-ring (bicyclic) bond motifs is 1. The number of amides is 3. The molecule has 19 nitrogen and oxygen atoms in total. The van der Waals surface area contributed by atoms with Crippen LogP contribution in [0.15, 0.2) is 5.11 Å². The van der Waals surface area contributed by atoms with Crippen molar-refractivity contribution in [3.8, 4) is 0 Å². The Hall–Kier alpha value is -2.04. The number of urea groups is 1. The standard InChI is InChI=1S/C34H64N6O13S/c35-40-37-6-8-44-10-12-46-14-16-48-18-20-50-22-24-52-26-28-53-27-25-51-23-21-49-19-17-47-15-13-45-11-9-43-7-5-36-32(41)4-2-1-3-31-33-30(29-54-31)38-34(42)39-33/h30-31,33H,1-29H2,(H,36,41)(H2,38,39,42)/t30-,31+,33-/m1/s1. The van der Waals surface area contributed by atoms with Crippen molar-refractivity contribution in [3.63, 3.8) is 0 Å². The smallest absolute Gasteiger partial charge is 0.315 e. The predicted octanol–water partition coefficient (Wildman–Crippen LogP) is 1.32. The van der Waals surface area contributed by atoms with Crippen LogP contribution in [0.4, 0.5) is 4.79 Å². The normalized spacial score (nSPS) is 17.6. The number of carbonyl (C=O) groups is 2. The second kappa shape index (κ2) is 36.6. The summed E-state index contributed by atoms with van der Waals surface area (Å²) in [4.78, 5) is 26.1. The quantitative estimate of drug-likeness (QED) is 0.0261. The first-order valence-corrected chi connectivity index (χ1v) is 20.1. The molecule has 0 radical (unpaired) electrons. The fourth-order valence-electron chi connectivity index (χ4n) is 5.08. The van der Waals surface area contributed by atoms with Gasteiger partial charge in [0.15, 0.2) is 0 Å². The van der Waals surface area contributed by atoms with Crippen LogP contribution >= 0.6 is 11.8 Å². The molecular weight excluding hydrogens is 732 g/mol.